The number of rotatable bonds is 6. The van der Waals surface area contributed by atoms with Crippen LogP contribution in [0, 0.1) is 11.3 Å². The van der Waals surface area contributed by atoms with Crippen molar-refractivity contribution >= 4 is 11.7 Å². The average molecular weight is 358 g/mol. The largest absolute Gasteiger partial charge is 0.464 e. The van der Waals surface area contributed by atoms with Crippen molar-refractivity contribution in [2.75, 3.05) is 33.5 Å². The molecule has 138 valence electrons. The number of methoxy groups -OCH3 is 1. The maximum atomic E-state index is 12.0. The van der Waals surface area contributed by atoms with E-state index in [0.717, 1.165) is 0 Å². The van der Waals surface area contributed by atoms with Crippen molar-refractivity contribution in [1.29, 1.82) is 5.26 Å². The number of carbonyl (C=O) groups is 1. The number of nitrogen functional groups attached to an aromatic ring is 1. The molecule has 1 aromatic carbocycles. The quantitative estimate of drug-likeness (QED) is 0.648. The minimum Gasteiger partial charge on any atom is -0.464 e. The fraction of sp³-hybridized carbons (Fsp3) is 0.333. The summed E-state index contributed by atoms with van der Waals surface area (Å²) in [6.45, 7) is -0.192. The second-order valence-electron chi connectivity index (χ2n) is 6.03. The number of aliphatic hydroxyl groups is 2. The Morgan fingerprint density at radius 1 is 1.38 bits per heavy atom. The Morgan fingerprint density at radius 3 is 2.46 bits per heavy atom. The highest BCUT2D eigenvalue weighted by molar-refractivity contribution is 5.95. The molecule has 8 nitrogen and oxygen atoms in total. The zero-order valence-electron chi connectivity index (χ0n) is 14.9. The molecule has 0 aliphatic carbocycles. The molecular formula is C18H22N4O4. The van der Waals surface area contributed by atoms with Crippen LogP contribution in [0.15, 0.2) is 30.5 Å². The van der Waals surface area contributed by atoms with Gasteiger partial charge in [0.1, 0.15) is 6.07 Å². The molecule has 2 aromatic rings. The number of ether oxygens (including phenoxy) is 1. The van der Waals surface area contributed by atoms with E-state index in [4.69, 9.17) is 15.7 Å². The highest BCUT2D eigenvalue weighted by Gasteiger charge is 2.24. The molecule has 1 aromatic heterocycles. The van der Waals surface area contributed by atoms with Gasteiger partial charge in [0, 0.05) is 11.9 Å². The van der Waals surface area contributed by atoms with Crippen LogP contribution < -0.4 is 5.73 Å². The number of hydrogen-bond donors (Lipinski definition) is 3. The number of aliphatic hydroxyl groups excluding tert-OH is 2. The number of likely N-dealkylation sites (N-methyl/N-ethyl adjacent to an activating group) is 1. The molecule has 0 radical (unpaired) electrons. The molecule has 0 saturated heterocycles. The topological polar surface area (TPSA) is 125 Å². The van der Waals surface area contributed by atoms with Gasteiger partial charge in [0.05, 0.1) is 37.1 Å². The number of hydrogen-bond acceptors (Lipinski definition) is 7. The zero-order valence-corrected chi connectivity index (χ0v) is 14.9. The normalized spacial score (nSPS) is 13.3. The molecule has 0 amide bonds. The summed E-state index contributed by atoms with van der Waals surface area (Å²) in [5.41, 5.74) is 7.37. The first-order valence-corrected chi connectivity index (χ1v) is 7.90. The predicted molar refractivity (Wildman–Crippen MR) is 95.8 cm³/mol. The van der Waals surface area contributed by atoms with E-state index in [1.807, 2.05) is 6.07 Å². The Morgan fingerprint density at radius 2 is 2.00 bits per heavy atom. The molecule has 0 aliphatic heterocycles. The van der Waals surface area contributed by atoms with Gasteiger partial charge in [0.25, 0.3) is 0 Å². The number of nitrogens with two attached hydrogens (primary N) is 1. The summed E-state index contributed by atoms with van der Waals surface area (Å²) in [6, 6.07) is 8.26. The van der Waals surface area contributed by atoms with Crippen LogP contribution in [0.1, 0.15) is 27.7 Å². The van der Waals surface area contributed by atoms with Gasteiger partial charge in [-0.05, 0) is 31.8 Å². The number of nitriles is 1. The first-order valence-electron chi connectivity index (χ1n) is 7.90. The first-order chi connectivity index (χ1) is 12.3. The van der Waals surface area contributed by atoms with Crippen LogP contribution in [-0.4, -0.2) is 59.5 Å². The minimum atomic E-state index is -0.881. The number of anilines is 1. The average Bonchev–Trinajstić information content (AvgIpc) is 2.97. The van der Waals surface area contributed by atoms with E-state index in [2.05, 4.69) is 0 Å². The lowest BCUT2D eigenvalue weighted by molar-refractivity contribution is 0.0389. The zero-order chi connectivity index (χ0) is 19.4. The summed E-state index contributed by atoms with van der Waals surface area (Å²) in [7, 11) is 4.78. The van der Waals surface area contributed by atoms with Crippen molar-refractivity contribution in [3.63, 3.8) is 0 Å². The SMILES string of the molecule is COC(=O)c1c(N)c(C#N)cn1-c1ccc(C(O)C(CO)N(C)C)cc1. The highest BCUT2D eigenvalue weighted by atomic mass is 16.5. The second kappa shape index (κ2) is 8.01. The van der Waals surface area contributed by atoms with Gasteiger partial charge < -0.3 is 30.2 Å². The third-order valence-corrected chi connectivity index (χ3v) is 4.27. The van der Waals surface area contributed by atoms with Gasteiger partial charge in [-0.25, -0.2) is 4.79 Å². The Labute approximate surface area is 151 Å². The van der Waals surface area contributed by atoms with Crippen molar-refractivity contribution < 1.29 is 19.7 Å². The smallest absolute Gasteiger partial charge is 0.357 e. The maximum Gasteiger partial charge on any atom is 0.357 e. The molecule has 0 aliphatic rings. The van der Waals surface area contributed by atoms with E-state index in [9.17, 15) is 15.0 Å². The molecule has 1 heterocycles. The molecule has 26 heavy (non-hydrogen) atoms. The number of esters is 1. The summed E-state index contributed by atoms with van der Waals surface area (Å²) < 4.78 is 6.23. The Balaban J connectivity index is 2.43. The summed E-state index contributed by atoms with van der Waals surface area (Å²) in [5, 5.41) is 29.0. The van der Waals surface area contributed by atoms with Crippen LogP contribution in [0.5, 0.6) is 0 Å². The highest BCUT2D eigenvalue weighted by Crippen LogP contribution is 2.26. The first kappa shape index (κ1) is 19.5. The maximum absolute atomic E-state index is 12.0. The lowest BCUT2D eigenvalue weighted by Gasteiger charge is -2.27. The van der Waals surface area contributed by atoms with E-state index in [0.29, 0.717) is 11.3 Å². The summed E-state index contributed by atoms with van der Waals surface area (Å²) in [5.74, 6) is -0.652. The molecule has 0 fully saturated rings. The van der Waals surface area contributed by atoms with Crippen LogP contribution in [-0.2, 0) is 4.74 Å². The third-order valence-electron chi connectivity index (χ3n) is 4.27. The number of carbonyl (C=O) groups excluding carboxylic acids is 1. The summed E-state index contributed by atoms with van der Waals surface area (Å²) in [4.78, 5) is 13.8. The molecule has 4 N–H and O–H groups in total. The third kappa shape index (κ3) is 3.55. The van der Waals surface area contributed by atoms with Gasteiger partial charge in [-0.1, -0.05) is 12.1 Å². The van der Waals surface area contributed by atoms with E-state index < -0.39 is 18.1 Å². The van der Waals surface area contributed by atoms with Crippen molar-refractivity contribution in [1.82, 2.24) is 9.47 Å². The van der Waals surface area contributed by atoms with Crippen LogP contribution in [0.2, 0.25) is 0 Å². The summed E-state index contributed by atoms with van der Waals surface area (Å²) in [6.07, 6.45) is 0.581. The van der Waals surface area contributed by atoms with Crippen LogP contribution in [0.4, 0.5) is 5.69 Å². The Hall–Kier alpha value is -2.86. The fourth-order valence-electron chi connectivity index (χ4n) is 2.72. The minimum absolute atomic E-state index is 0.0522. The van der Waals surface area contributed by atoms with Gasteiger partial charge in [-0.3, -0.25) is 0 Å². The van der Waals surface area contributed by atoms with E-state index >= 15 is 0 Å². The van der Waals surface area contributed by atoms with E-state index in [-0.39, 0.29) is 23.6 Å². The lowest BCUT2D eigenvalue weighted by Crippen LogP contribution is -2.37. The molecule has 0 spiro atoms. The fourth-order valence-corrected chi connectivity index (χ4v) is 2.72. The Bertz CT molecular complexity index is 821. The van der Waals surface area contributed by atoms with Gasteiger partial charge in [0.2, 0.25) is 0 Å². The van der Waals surface area contributed by atoms with Crippen molar-refractivity contribution in [2.45, 2.75) is 12.1 Å². The molecule has 8 heteroatoms. The van der Waals surface area contributed by atoms with E-state index in [1.165, 1.54) is 17.9 Å². The lowest BCUT2D eigenvalue weighted by atomic mass is 10.0. The number of benzene rings is 1. The van der Waals surface area contributed by atoms with Crippen LogP contribution in [0.25, 0.3) is 5.69 Å². The molecule has 2 rings (SSSR count). The van der Waals surface area contributed by atoms with Gasteiger partial charge in [0.15, 0.2) is 5.69 Å². The van der Waals surface area contributed by atoms with Crippen molar-refractivity contribution in [3.05, 3.63) is 47.3 Å². The molecule has 2 atom stereocenters. The van der Waals surface area contributed by atoms with Crippen molar-refractivity contribution in [2.24, 2.45) is 0 Å². The monoisotopic (exact) mass is 358 g/mol. The van der Waals surface area contributed by atoms with Crippen LogP contribution in [0.3, 0.4) is 0 Å². The molecule has 0 saturated carbocycles. The van der Waals surface area contributed by atoms with Crippen molar-refractivity contribution in [3.8, 4) is 11.8 Å². The summed E-state index contributed by atoms with van der Waals surface area (Å²) >= 11 is 0. The predicted octanol–water partition coefficient (Wildman–Crippen LogP) is 0.674. The molecular weight excluding hydrogens is 336 g/mol. The van der Waals surface area contributed by atoms with Gasteiger partial charge >= 0.3 is 5.97 Å². The Kier molecular flexibility index (Phi) is 6.00. The number of nitrogens with zero attached hydrogens (tertiary/aromatic N) is 3. The molecule has 0 bridgehead atoms. The van der Waals surface area contributed by atoms with E-state index in [1.54, 1.807) is 43.3 Å². The second-order valence-corrected chi connectivity index (χ2v) is 6.03. The van der Waals surface area contributed by atoms with Gasteiger partial charge in [-0.2, -0.15) is 5.26 Å². The number of aromatic nitrogens is 1. The van der Waals surface area contributed by atoms with Crippen LogP contribution >= 0.6 is 0 Å². The molecule has 2 unspecified atom stereocenters. The van der Waals surface area contributed by atoms with Gasteiger partial charge in [-0.15, -0.1) is 0 Å². The standard InChI is InChI=1S/C18H22N4O4/c1-21(2)14(10-23)17(24)11-4-6-13(7-5-11)22-9-12(8-19)15(20)16(22)18(25)26-3/h4-7,9,14,17,23-24H,10,20H2,1-3H3.